The first-order chi connectivity index (χ1) is 10.2. The monoisotopic (exact) mass is 302 g/mol. The molecule has 5 heteroatoms. The van der Waals surface area contributed by atoms with E-state index in [4.69, 9.17) is 15.7 Å². The van der Waals surface area contributed by atoms with Crippen LogP contribution in [0.4, 0.5) is 0 Å². The number of rotatable bonds is 5. The summed E-state index contributed by atoms with van der Waals surface area (Å²) in [5.41, 5.74) is 8.39. The molecule has 0 radical (unpaired) electrons. The van der Waals surface area contributed by atoms with E-state index in [-0.39, 0.29) is 5.84 Å². The highest BCUT2D eigenvalue weighted by atomic mass is 32.2. The maximum atomic E-state index is 8.69. The smallest absolute Gasteiger partial charge is 0.170 e. The highest BCUT2D eigenvalue weighted by Gasteiger charge is 2.06. The van der Waals surface area contributed by atoms with Crippen molar-refractivity contribution in [3.63, 3.8) is 0 Å². The molecule has 0 spiro atoms. The number of thioether (sulfide) groups is 1. The van der Waals surface area contributed by atoms with Crippen molar-refractivity contribution in [3.05, 3.63) is 59.2 Å². The van der Waals surface area contributed by atoms with Crippen molar-refractivity contribution in [2.75, 3.05) is 6.26 Å². The van der Waals surface area contributed by atoms with Gasteiger partial charge in [-0.2, -0.15) is 0 Å². The number of aryl methyl sites for hydroxylation is 1. The topological polar surface area (TPSA) is 67.8 Å². The first kappa shape index (κ1) is 15.3. The van der Waals surface area contributed by atoms with Gasteiger partial charge in [-0.15, -0.1) is 11.8 Å². The van der Waals surface area contributed by atoms with Gasteiger partial charge < -0.3 is 15.7 Å². The van der Waals surface area contributed by atoms with E-state index >= 15 is 0 Å². The van der Waals surface area contributed by atoms with E-state index in [1.54, 1.807) is 11.8 Å². The third-order valence-corrected chi connectivity index (χ3v) is 3.98. The van der Waals surface area contributed by atoms with E-state index in [0.717, 1.165) is 21.8 Å². The Morgan fingerprint density at radius 3 is 2.71 bits per heavy atom. The van der Waals surface area contributed by atoms with E-state index in [1.807, 2.05) is 55.6 Å². The van der Waals surface area contributed by atoms with Crippen LogP contribution in [0.25, 0.3) is 0 Å². The predicted octanol–water partition coefficient (Wildman–Crippen LogP) is 3.39. The Kier molecular flexibility index (Phi) is 5.11. The van der Waals surface area contributed by atoms with Gasteiger partial charge in [-0.05, 0) is 42.5 Å². The molecule has 2 aromatic rings. The Morgan fingerprint density at radius 1 is 1.29 bits per heavy atom. The zero-order valence-corrected chi connectivity index (χ0v) is 12.9. The van der Waals surface area contributed by atoms with Gasteiger partial charge in [-0.1, -0.05) is 29.4 Å². The summed E-state index contributed by atoms with van der Waals surface area (Å²) in [6.45, 7) is 2.47. The van der Waals surface area contributed by atoms with Crippen LogP contribution in [-0.4, -0.2) is 17.3 Å². The lowest BCUT2D eigenvalue weighted by atomic mass is 10.1. The van der Waals surface area contributed by atoms with Crippen LogP contribution in [0, 0.1) is 6.92 Å². The molecule has 4 nitrogen and oxygen atoms in total. The summed E-state index contributed by atoms with van der Waals surface area (Å²) in [6.07, 6.45) is 2.03. The number of hydrogen-bond donors (Lipinski definition) is 2. The molecule has 0 aliphatic heterocycles. The number of oxime groups is 1. The largest absolute Gasteiger partial charge is 0.488 e. The van der Waals surface area contributed by atoms with Crippen LogP contribution in [0.15, 0.2) is 52.5 Å². The number of para-hydroxylation sites is 1. The summed E-state index contributed by atoms with van der Waals surface area (Å²) < 4.78 is 5.89. The molecule has 0 atom stereocenters. The zero-order valence-electron chi connectivity index (χ0n) is 12.0. The summed E-state index contributed by atoms with van der Waals surface area (Å²) in [5.74, 6) is 0.989. The summed E-state index contributed by atoms with van der Waals surface area (Å²) in [6, 6.07) is 13.6. The van der Waals surface area contributed by atoms with Gasteiger partial charge >= 0.3 is 0 Å². The van der Waals surface area contributed by atoms with E-state index in [0.29, 0.717) is 12.2 Å². The van der Waals surface area contributed by atoms with Gasteiger partial charge in [0.25, 0.3) is 0 Å². The predicted molar refractivity (Wildman–Crippen MR) is 86.2 cm³/mol. The normalized spacial score (nSPS) is 11.4. The standard InChI is InChI=1S/C16H18N2O2S/c1-11-9-12(16(17)18-19)7-8-13(11)10-20-14-5-3-4-6-15(14)21-2/h3-9,19H,10H2,1-2H3,(H2,17,18). The van der Waals surface area contributed by atoms with Crippen LogP contribution in [-0.2, 0) is 6.61 Å². The SMILES string of the molecule is CSc1ccccc1OCc1ccc(/C(N)=N/O)cc1C. The molecule has 21 heavy (non-hydrogen) atoms. The van der Waals surface area contributed by atoms with Gasteiger partial charge in [0, 0.05) is 10.5 Å². The van der Waals surface area contributed by atoms with E-state index in [2.05, 4.69) is 5.16 Å². The van der Waals surface area contributed by atoms with Crippen LogP contribution in [0.2, 0.25) is 0 Å². The lowest BCUT2D eigenvalue weighted by Gasteiger charge is -2.12. The van der Waals surface area contributed by atoms with Crippen LogP contribution in [0.3, 0.4) is 0 Å². The molecule has 2 aromatic carbocycles. The Hall–Kier alpha value is -2.14. The van der Waals surface area contributed by atoms with Crippen LogP contribution in [0.5, 0.6) is 5.75 Å². The average Bonchev–Trinajstić information content (AvgIpc) is 2.53. The number of ether oxygens (including phenoxy) is 1. The minimum atomic E-state index is 0.110. The molecule has 0 saturated heterocycles. The fourth-order valence-electron chi connectivity index (χ4n) is 1.97. The third-order valence-electron chi connectivity index (χ3n) is 3.20. The van der Waals surface area contributed by atoms with Crippen molar-refractivity contribution in [3.8, 4) is 5.75 Å². The fourth-order valence-corrected chi connectivity index (χ4v) is 2.51. The molecule has 0 aliphatic carbocycles. The van der Waals surface area contributed by atoms with Gasteiger partial charge in [-0.25, -0.2) is 0 Å². The van der Waals surface area contributed by atoms with Gasteiger partial charge in [-0.3, -0.25) is 0 Å². The molecule has 110 valence electrons. The molecule has 0 saturated carbocycles. The second kappa shape index (κ2) is 7.04. The maximum Gasteiger partial charge on any atom is 0.170 e. The molecule has 0 fully saturated rings. The van der Waals surface area contributed by atoms with Crippen LogP contribution < -0.4 is 10.5 Å². The van der Waals surface area contributed by atoms with Gasteiger partial charge in [0.2, 0.25) is 0 Å². The second-order valence-corrected chi connectivity index (χ2v) is 5.41. The maximum absolute atomic E-state index is 8.69. The average molecular weight is 302 g/mol. The van der Waals surface area contributed by atoms with Gasteiger partial charge in [0.1, 0.15) is 12.4 Å². The highest BCUT2D eigenvalue weighted by molar-refractivity contribution is 7.98. The van der Waals surface area contributed by atoms with Crippen LogP contribution in [0.1, 0.15) is 16.7 Å². The van der Waals surface area contributed by atoms with Crippen molar-refractivity contribution in [1.82, 2.24) is 0 Å². The van der Waals surface area contributed by atoms with Crippen molar-refractivity contribution < 1.29 is 9.94 Å². The molecule has 0 amide bonds. The fraction of sp³-hybridized carbons (Fsp3) is 0.188. The molecule has 0 unspecified atom stereocenters. The molecule has 2 rings (SSSR count). The molecular formula is C16H18N2O2S. The minimum Gasteiger partial charge on any atom is -0.488 e. The molecule has 3 N–H and O–H groups in total. The molecule has 0 bridgehead atoms. The van der Waals surface area contributed by atoms with Crippen molar-refractivity contribution in [2.45, 2.75) is 18.4 Å². The summed E-state index contributed by atoms with van der Waals surface area (Å²) in [5, 5.41) is 11.7. The molecule has 0 aromatic heterocycles. The first-order valence-electron chi connectivity index (χ1n) is 6.49. The third kappa shape index (κ3) is 3.70. The van der Waals surface area contributed by atoms with E-state index < -0.39 is 0 Å². The number of nitrogens with two attached hydrogens (primary N) is 1. The van der Waals surface area contributed by atoms with Crippen molar-refractivity contribution >= 4 is 17.6 Å². The summed E-state index contributed by atoms with van der Waals surface area (Å²) in [7, 11) is 0. The van der Waals surface area contributed by atoms with E-state index in [9.17, 15) is 0 Å². The number of hydrogen-bond acceptors (Lipinski definition) is 4. The lowest BCUT2D eigenvalue weighted by molar-refractivity contribution is 0.298. The number of amidine groups is 1. The molecule has 0 heterocycles. The Balaban J connectivity index is 2.14. The van der Waals surface area contributed by atoms with Crippen molar-refractivity contribution in [2.24, 2.45) is 10.9 Å². The Morgan fingerprint density at radius 2 is 2.05 bits per heavy atom. The molecule has 0 aliphatic rings. The van der Waals surface area contributed by atoms with Crippen LogP contribution >= 0.6 is 11.8 Å². The Bertz CT molecular complexity index is 656. The molecular weight excluding hydrogens is 284 g/mol. The Labute approximate surface area is 128 Å². The first-order valence-corrected chi connectivity index (χ1v) is 7.71. The summed E-state index contributed by atoms with van der Waals surface area (Å²) >= 11 is 1.66. The highest BCUT2D eigenvalue weighted by Crippen LogP contribution is 2.27. The van der Waals surface area contributed by atoms with Crippen molar-refractivity contribution in [1.29, 1.82) is 0 Å². The van der Waals surface area contributed by atoms with E-state index in [1.165, 1.54) is 0 Å². The number of nitrogens with zero attached hydrogens (tertiary/aromatic N) is 1. The van der Waals surface area contributed by atoms with Gasteiger partial charge in [0.15, 0.2) is 5.84 Å². The summed E-state index contributed by atoms with van der Waals surface area (Å²) in [4.78, 5) is 1.11. The van der Waals surface area contributed by atoms with Gasteiger partial charge in [0.05, 0.1) is 0 Å². The number of benzene rings is 2. The quantitative estimate of drug-likeness (QED) is 0.292. The lowest BCUT2D eigenvalue weighted by Crippen LogP contribution is -2.13. The minimum absolute atomic E-state index is 0.110. The zero-order chi connectivity index (χ0) is 15.2. The second-order valence-electron chi connectivity index (χ2n) is 4.57.